The van der Waals surface area contributed by atoms with Crippen molar-refractivity contribution in [3.63, 3.8) is 0 Å². The fraction of sp³-hybridized carbons (Fsp3) is 0.333. The number of nitrogens with zero attached hydrogens (tertiary/aromatic N) is 2. The van der Waals surface area contributed by atoms with E-state index in [1.54, 1.807) is 0 Å². The van der Waals surface area contributed by atoms with Gasteiger partial charge in [0.2, 0.25) is 5.16 Å². The molecule has 8 heteroatoms. The molecule has 0 radical (unpaired) electrons. The fourth-order valence-electron chi connectivity index (χ4n) is 1.53. The molecule has 1 aromatic carbocycles. The van der Waals surface area contributed by atoms with Crippen LogP contribution in [0, 0.1) is 0 Å². The van der Waals surface area contributed by atoms with Gasteiger partial charge in [0.25, 0.3) is 0 Å². The van der Waals surface area contributed by atoms with E-state index >= 15 is 0 Å². The number of rotatable bonds is 5. The van der Waals surface area contributed by atoms with Crippen LogP contribution < -0.4 is 0 Å². The summed E-state index contributed by atoms with van der Waals surface area (Å²) in [5.74, 6) is 0.435. The number of thioether (sulfide) groups is 1. The van der Waals surface area contributed by atoms with Gasteiger partial charge in [0.05, 0.1) is 12.5 Å². The SMILES string of the molecule is O[C@H](CSc1n[nH]c(-c2ccccc2)n1)CC(F)(F)F. The van der Waals surface area contributed by atoms with Gasteiger partial charge in [-0.05, 0) is 0 Å². The van der Waals surface area contributed by atoms with Gasteiger partial charge in [-0.2, -0.15) is 13.2 Å². The maximum Gasteiger partial charge on any atom is 0.391 e. The van der Waals surface area contributed by atoms with Crippen molar-refractivity contribution in [3.8, 4) is 11.4 Å². The van der Waals surface area contributed by atoms with Crippen LogP contribution in [0.25, 0.3) is 11.4 Å². The lowest BCUT2D eigenvalue weighted by molar-refractivity contribution is -0.150. The predicted octanol–water partition coefficient (Wildman–Crippen LogP) is 2.88. The van der Waals surface area contributed by atoms with E-state index in [2.05, 4.69) is 15.2 Å². The van der Waals surface area contributed by atoms with Crippen molar-refractivity contribution in [1.29, 1.82) is 0 Å². The molecule has 0 unspecified atom stereocenters. The Morgan fingerprint density at radius 2 is 1.95 bits per heavy atom. The molecule has 0 bridgehead atoms. The minimum atomic E-state index is -4.37. The Morgan fingerprint density at radius 3 is 2.60 bits per heavy atom. The van der Waals surface area contributed by atoms with Gasteiger partial charge in [0.15, 0.2) is 5.82 Å². The van der Waals surface area contributed by atoms with Crippen LogP contribution in [0.1, 0.15) is 6.42 Å². The van der Waals surface area contributed by atoms with E-state index in [9.17, 15) is 18.3 Å². The lowest BCUT2D eigenvalue weighted by atomic mass is 10.2. The highest BCUT2D eigenvalue weighted by atomic mass is 32.2. The van der Waals surface area contributed by atoms with E-state index in [-0.39, 0.29) is 5.75 Å². The number of hydrogen-bond acceptors (Lipinski definition) is 4. The second-order valence-corrected chi connectivity index (χ2v) is 5.10. The van der Waals surface area contributed by atoms with Crippen molar-refractivity contribution >= 4 is 11.8 Å². The predicted molar refractivity (Wildman–Crippen MR) is 69.2 cm³/mol. The summed E-state index contributed by atoms with van der Waals surface area (Å²) in [6.07, 6.45) is -7.05. The van der Waals surface area contributed by atoms with E-state index in [0.29, 0.717) is 11.0 Å². The number of alkyl halides is 3. The third-order valence-electron chi connectivity index (χ3n) is 2.38. The molecule has 0 fully saturated rings. The van der Waals surface area contributed by atoms with Crippen molar-refractivity contribution < 1.29 is 18.3 Å². The molecule has 4 nitrogen and oxygen atoms in total. The Kier molecular flexibility index (Phi) is 4.66. The van der Waals surface area contributed by atoms with Crippen LogP contribution in [0.3, 0.4) is 0 Å². The third-order valence-corrected chi connectivity index (χ3v) is 3.38. The number of hydrogen-bond donors (Lipinski definition) is 2. The molecule has 0 aliphatic rings. The molecule has 0 spiro atoms. The van der Waals surface area contributed by atoms with Crippen LogP contribution in [-0.2, 0) is 0 Å². The Labute approximate surface area is 117 Å². The normalized spacial score (nSPS) is 13.4. The van der Waals surface area contributed by atoms with Crippen LogP contribution in [-0.4, -0.2) is 38.3 Å². The number of nitrogens with one attached hydrogen (secondary N) is 1. The summed E-state index contributed by atoms with van der Waals surface area (Å²) in [6.45, 7) is 0. The molecule has 0 aliphatic carbocycles. The molecule has 0 saturated heterocycles. The Hall–Kier alpha value is -1.54. The first kappa shape index (κ1) is 14.9. The van der Waals surface area contributed by atoms with Gasteiger partial charge in [-0.25, -0.2) is 4.98 Å². The Morgan fingerprint density at radius 1 is 1.25 bits per heavy atom. The number of benzene rings is 1. The number of aromatic nitrogens is 3. The topological polar surface area (TPSA) is 61.8 Å². The highest BCUT2D eigenvalue weighted by Crippen LogP contribution is 2.25. The van der Waals surface area contributed by atoms with Gasteiger partial charge in [-0.1, -0.05) is 42.1 Å². The summed E-state index contributed by atoms with van der Waals surface area (Å²) in [7, 11) is 0. The second kappa shape index (κ2) is 6.27. The maximum absolute atomic E-state index is 12.1. The minimum absolute atomic E-state index is 0.106. The van der Waals surface area contributed by atoms with Crippen molar-refractivity contribution in [2.75, 3.05) is 5.75 Å². The minimum Gasteiger partial charge on any atom is -0.392 e. The zero-order chi connectivity index (χ0) is 14.6. The smallest absolute Gasteiger partial charge is 0.391 e. The van der Waals surface area contributed by atoms with Crippen LogP contribution in [0.5, 0.6) is 0 Å². The lowest BCUT2D eigenvalue weighted by Crippen LogP contribution is -2.21. The summed E-state index contributed by atoms with van der Waals surface area (Å²) in [4.78, 5) is 4.15. The van der Waals surface area contributed by atoms with E-state index in [1.807, 2.05) is 30.3 Å². The fourth-order valence-corrected chi connectivity index (χ4v) is 2.26. The molecular formula is C12H12F3N3OS. The number of aromatic amines is 1. The lowest BCUT2D eigenvalue weighted by Gasteiger charge is -2.11. The van der Waals surface area contributed by atoms with Gasteiger partial charge in [-0.3, -0.25) is 5.10 Å². The average molecular weight is 303 g/mol. The molecule has 0 aliphatic heterocycles. The number of aliphatic hydroxyl groups is 1. The van der Waals surface area contributed by atoms with Crippen LogP contribution in [0.2, 0.25) is 0 Å². The number of halogens is 3. The van der Waals surface area contributed by atoms with E-state index in [1.165, 1.54) is 0 Å². The Bertz CT molecular complexity index is 544. The molecule has 2 aromatic rings. The molecular weight excluding hydrogens is 291 g/mol. The van der Waals surface area contributed by atoms with Gasteiger partial charge >= 0.3 is 6.18 Å². The third kappa shape index (κ3) is 4.53. The molecule has 2 N–H and O–H groups in total. The Balaban J connectivity index is 1.91. The molecule has 1 heterocycles. The van der Waals surface area contributed by atoms with Crippen LogP contribution in [0.15, 0.2) is 35.5 Å². The average Bonchev–Trinajstić information content (AvgIpc) is 2.84. The van der Waals surface area contributed by atoms with Gasteiger partial charge in [0, 0.05) is 11.3 Å². The standard InChI is InChI=1S/C12H12F3N3OS/c13-12(14,15)6-9(19)7-20-11-16-10(17-18-11)8-4-2-1-3-5-8/h1-5,9,19H,6-7H2,(H,16,17,18)/t9-/m0/s1. The van der Waals surface area contributed by atoms with Crippen LogP contribution >= 0.6 is 11.8 Å². The highest BCUT2D eigenvalue weighted by molar-refractivity contribution is 7.99. The largest absolute Gasteiger partial charge is 0.392 e. The second-order valence-electron chi connectivity index (χ2n) is 4.12. The molecule has 1 atom stereocenters. The van der Waals surface area contributed by atoms with Gasteiger partial charge in [0.1, 0.15) is 0 Å². The maximum atomic E-state index is 12.1. The van der Waals surface area contributed by atoms with Crippen molar-refractivity contribution in [3.05, 3.63) is 30.3 Å². The van der Waals surface area contributed by atoms with Crippen molar-refractivity contribution in [2.45, 2.75) is 23.9 Å². The summed E-state index contributed by atoms with van der Waals surface area (Å²) >= 11 is 0.981. The monoisotopic (exact) mass is 303 g/mol. The molecule has 108 valence electrons. The molecule has 0 amide bonds. The van der Waals surface area contributed by atoms with E-state index in [4.69, 9.17) is 0 Å². The zero-order valence-electron chi connectivity index (χ0n) is 10.3. The summed E-state index contributed by atoms with van der Waals surface area (Å²) in [5, 5.41) is 16.2. The molecule has 0 saturated carbocycles. The number of H-pyrrole nitrogens is 1. The van der Waals surface area contributed by atoms with Crippen LogP contribution in [0.4, 0.5) is 13.2 Å². The van der Waals surface area contributed by atoms with Gasteiger partial charge in [-0.15, -0.1) is 5.10 Å². The summed E-state index contributed by atoms with van der Waals surface area (Å²) < 4.78 is 36.2. The summed E-state index contributed by atoms with van der Waals surface area (Å²) in [6, 6.07) is 9.24. The zero-order valence-corrected chi connectivity index (χ0v) is 11.1. The molecule has 2 rings (SSSR count). The molecule has 20 heavy (non-hydrogen) atoms. The first-order valence-electron chi connectivity index (χ1n) is 5.79. The van der Waals surface area contributed by atoms with E-state index < -0.39 is 18.7 Å². The van der Waals surface area contributed by atoms with E-state index in [0.717, 1.165) is 17.3 Å². The first-order chi connectivity index (χ1) is 9.44. The molecule has 1 aromatic heterocycles. The summed E-state index contributed by atoms with van der Waals surface area (Å²) in [5.41, 5.74) is 0.836. The van der Waals surface area contributed by atoms with Crippen molar-refractivity contribution in [1.82, 2.24) is 15.2 Å². The van der Waals surface area contributed by atoms with Crippen molar-refractivity contribution in [2.24, 2.45) is 0 Å². The first-order valence-corrected chi connectivity index (χ1v) is 6.78. The van der Waals surface area contributed by atoms with Gasteiger partial charge < -0.3 is 5.11 Å². The quantitative estimate of drug-likeness (QED) is 0.834. The highest BCUT2D eigenvalue weighted by Gasteiger charge is 2.31. The number of aliphatic hydroxyl groups excluding tert-OH is 1.